The van der Waals surface area contributed by atoms with E-state index in [1.807, 2.05) is 0 Å². The number of rotatable bonds is 23. The van der Waals surface area contributed by atoms with Crippen LogP contribution in [0.4, 0.5) is 0 Å². The molecule has 0 amide bonds. The summed E-state index contributed by atoms with van der Waals surface area (Å²) in [5.74, 6) is 1.05. The maximum atomic E-state index is 12.8. The first-order valence-corrected chi connectivity index (χ1v) is 19.7. The SMILES string of the molecule is C.CCCN(CCC)C(=P)c1ccccc1CC.CCCc1ccc(C(=O)CCCC(CC)CCCNCc2ccccc2)cc1CCC. The Hall–Kier alpha value is -2.58. The van der Waals surface area contributed by atoms with Crippen molar-refractivity contribution in [3.8, 4) is 0 Å². The van der Waals surface area contributed by atoms with E-state index in [2.05, 4.69) is 133 Å². The number of aryl methyl sites for hydroxylation is 3. The quantitative estimate of drug-likeness (QED) is 0.0612. The molecule has 3 nitrogen and oxygen atoms in total. The molecule has 0 spiro atoms. The minimum Gasteiger partial charge on any atom is -0.313 e. The molecule has 272 valence electrons. The van der Waals surface area contributed by atoms with Crippen LogP contribution < -0.4 is 5.32 Å². The Balaban J connectivity index is 0.000000566. The maximum Gasteiger partial charge on any atom is 0.162 e. The molecule has 3 rings (SSSR count). The summed E-state index contributed by atoms with van der Waals surface area (Å²) in [7, 11) is 3.85. The molecule has 0 aliphatic heterocycles. The molecule has 4 heteroatoms. The number of carbonyl (C=O) groups excluding carboxylic acids is 1. The summed E-state index contributed by atoms with van der Waals surface area (Å²) in [6.45, 7) is 17.6. The predicted molar refractivity (Wildman–Crippen MR) is 221 cm³/mol. The Bertz CT molecular complexity index is 1300. The number of nitrogens with one attached hydrogen (secondary N) is 1. The van der Waals surface area contributed by atoms with Gasteiger partial charge in [0.2, 0.25) is 0 Å². The van der Waals surface area contributed by atoms with Crippen LogP contribution in [-0.4, -0.2) is 35.7 Å². The van der Waals surface area contributed by atoms with E-state index in [1.165, 1.54) is 65.3 Å². The molecule has 0 bridgehead atoms. The Labute approximate surface area is 304 Å². The van der Waals surface area contributed by atoms with Crippen molar-refractivity contribution in [1.82, 2.24) is 10.2 Å². The van der Waals surface area contributed by atoms with Gasteiger partial charge < -0.3 is 5.32 Å². The molecule has 0 saturated carbocycles. The van der Waals surface area contributed by atoms with E-state index >= 15 is 0 Å². The van der Waals surface area contributed by atoms with Gasteiger partial charge in [0.1, 0.15) is 0 Å². The van der Waals surface area contributed by atoms with E-state index < -0.39 is 0 Å². The zero-order valence-electron chi connectivity index (χ0n) is 31.4. The third-order valence-electron chi connectivity index (χ3n) is 9.26. The lowest BCUT2D eigenvalue weighted by Crippen LogP contribution is -2.32. The molecule has 0 saturated heterocycles. The molecule has 0 fully saturated rings. The second-order valence-corrected chi connectivity index (χ2v) is 13.7. The second-order valence-electron chi connectivity index (χ2n) is 13.2. The van der Waals surface area contributed by atoms with Crippen molar-refractivity contribution < 1.29 is 4.79 Å². The molecule has 1 unspecified atom stereocenters. The van der Waals surface area contributed by atoms with Crippen LogP contribution in [0.5, 0.6) is 0 Å². The lowest BCUT2D eigenvalue weighted by molar-refractivity contribution is 0.0977. The molecule has 1 N–H and O–H groups in total. The second kappa shape index (κ2) is 27.2. The van der Waals surface area contributed by atoms with Gasteiger partial charge in [-0.2, -0.15) is 0 Å². The first-order chi connectivity index (χ1) is 23.4. The van der Waals surface area contributed by atoms with E-state index in [4.69, 9.17) is 0 Å². The highest BCUT2D eigenvalue weighted by Gasteiger charge is 2.13. The Morgan fingerprint density at radius 2 is 1.37 bits per heavy atom. The average Bonchev–Trinajstić information content (AvgIpc) is 3.11. The van der Waals surface area contributed by atoms with Gasteiger partial charge in [-0.25, -0.2) is 0 Å². The average molecular weight is 687 g/mol. The third-order valence-corrected chi connectivity index (χ3v) is 9.84. The van der Waals surface area contributed by atoms with Crippen LogP contribution in [0.15, 0.2) is 72.8 Å². The van der Waals surface area contributed by atoms with Crippen LogP contribution in [0.2, 0.25) is 0 Å². The first-order valence-electron chi connectivity index (χ1n) is 19.2. The van der Waals surface area contributed by atoms with Crippen LogP contribution >= 0.6 is 8.86 Å². The highest BCUT2D eigenvalue weighted by atomic mass is 31.0. The lowest BCUT2D eigenvalue weighted by Gasteiger charge is -2.24. The Morgan fingerprint density at radius 1 is 0.735 bits per heavy atom. The van der Waals surface area contributed by atoms with Gasteiger partial charge in [0.15, 0.2) is 5.78 Å². The van der Waals surface area contributed by atoms with Crippen LogP contribution in [0.1, 0.15) is 151 Å². The van der Waals surface area contributed by atoms with Crippen LogP contribution in [0, 0.1) is 5.92 Å². The van der Waals surface area contributed by atoms with Gasteiger partial charge >= 0.3 is 0 Å². The van der Waals surface area contributed by atoms with Gasteiger partial charge in [-0.3, -0.25) is 9.69 Å². The summed E-state index contributed by atoms with van der Waals surface area (Å²) in [5, 5.41) is 3.55. The van der Waals surface area contributed by atoms with E-state index in [9.17, 15) is 4.79 Å². The number of ketones is 1. The van der Waals surface area contributed by atoms with Gasteiger partial charge in [0, 0.05) is 37.0 Å². The van der Waals surface area contributed by atoms with Crippen LogP contribution in [0.3, 0.4) is 0 Å². The molecule has 1 atom stereocenters. The summed E-state index contributed by atoms with van der Waals surface area (Å²) in [4.78, 5) is 15.2. The summed E-state index contributed by atoms with van der Waals surface area (Å²) < 4.78 is 0. The van der Waals surface area contributed by atoms with E-state index in [0.29, 0.717) is 12.2 Å². The van der Waals surface area contributed by atoms with Gasteiger partial charge in [0.25, 0.3) is 0 Å². The van der Waals surface area contributed by atoms with E-state index in [1.54, 1.807) is 0 Å². The van der Waals surface area contributed by atoms with Gasteiger partial charge in [0.05, 0.1) is 0 Å². The zero-order valence-corrected chi connectivity index (χ0v) is 32.4. The standard InChI is InChI=1S/C29H43NO.C15H24NP.CH4/c1-4-12-26-19-20-28(22-27(26)13-5-2)29(31)18-10-16-24(6-3)17-11-21-30-23-25-14-8-7-9-15-25;1-4-11-16(12-5-2)15(17)14-10-8-7-9-13(14)6-3;/h7-9,14-15,19-20,22,24,30H,4-6,10-13,16-18,21,23H2,1-3H3;7-10,17H,4-6,11-12H2,1-3H3;1H4. The molecule has 49 heavy (non-hydrogen) atoms. The molecule has 0 aliphatic rings. The van der Waals surface area contributed by atoms with Gasteiger partial charge in [-0.1, -0.05) is 141 Å². The first kappa shape index (κ1) is 44.4. The van der Waals surface area contributed by atoms with E-state index in [-0.39, 0.29) is 7.43 Å². The predicted octanol–water partition coefficient (Wildman–Crippen LogP) is 12.2. The maximum absolute atomic E-state index is 12.8. The Morgan fingerprint density at radius 3 is 2.00 bits per heavy atom. The van der Waals surface area contributed by atoms with E-state index in [0.717, 1.165) is 82.6 Å². The summed E-state index contributed by atoms with van der Waals surface area (Å²) in [6, 6.07) is 25.7. The molecule has 0 radical (unpaired) electrons. The van der Waals surface area contributed by atoms with Crippen molar-refractivity contribution in [2.75, 3.05) is 19.6 Å². The number of nitrogens with zero attached hydrogens (tertiary/aromatic N) is 1. The monoisotopic (exact) mass is 687 g/mol. The zero-order chi connectivity index (χ0) is 35.0. The fourth-order valence-electron chi connectivity index (χ4n) is 6.51. The highest BCUT2D eigenvalue weighted by molar-refractivity contribution is 7.21. The molecular formula is C45H71N2OP. The van der Waals surface area contributed by atoms with Crippen molar-refractivity contribution in [2.24, 2.45) is 5.92 Å². The fraction of sp³-hybridized carbons (Fsp3) is 0.556. The summed E-state index contributed by atoms with van der Waals surface area (Å²) in [6.07, 6.45) is 14.4. The number of hydrogen-bond donors (Lipinski definition) is 1. The lowest BCUT2D eigenvalue weighted by atomic mass is 9.91. The molecule has 0 aromatic heterocycles. The van der Waals surface area contributed by atoms with Crippen molar-refractivity contribution in [3.05, 3.63) is 106 Å². The topological polar surface area (TPSA) is 32.3 Å². The largest absolute Gasteiger partial charge is 0.313 e. The van der Waals surface area contributed by atoms with Crippen molar-refractivity contribution in [3.63, 3.8) is 0 Å². The molecule has 0 aliphatic carbocycles. The summed E-state index contributed by atoms with van der Waals surface area (Å²) in [5.41, 5.74) is 9.06. The molecule has 0 heterocycles. The molecule has 3 aromatic carbocycles. The van der Waals surface area contributed by atoms with Gasteiger partial charge in [-0.15, -0.1) is 8.86 Å². The smallest absolute Gasteiger partial charge is 0.162 e. The fourth-order valence-corrected chi connectivity index (χ4v) is 6.98. The minimum absolute atomic E-state index is 0. The van der Waals surface area contributed by atoms with Gasteiger partial charge in [-0.05, 0) is 97.7 Å². The normalized spacial score (nSPS) is 11.4. The van der Waals surface area contributed by atoms with Crippen LogP contribution in [-0.2, 0) is 25.8 Å². The number of Topliss-reactive ketones (excluding diaryl/α,β-unsaturated/α-hetero) is 1. The number of hydrogen-bond acceptors (Lipinski definition) is 2. The molecule has 3 aromatic rings. The molecular weight excluding hydrogens is 615 g/mol. The summed E-state index contributed by atoms with van der Waals surface area (Å²) >= 11 is 0. The van der Waals surface area contributed by atoms with Crippen molar-refractivity contribution in [1.29, 1.82) is 0 Å². The Kier molecular flexibility index (Phi) is 24.7. The minimum atomic E-state index is 0. The van der Waals surface area contributed by atoms with Crippen molar-refractivity contribution in [2.45, 2.75) is 139 Å². The van der Waals surface area contributed by atoms with Crippen molar-refractivity contribution >= 4 is 20.1 Å². The number of benzene rings is 3. The highest BCUT2D eigenvalue weighted by Crippen LogP contribution is 2.22. The third kappa shape index (κ3) is 16.8. The number of carbonyl (C=O) groups is 1. The van der Waals surface area contributed by atoms with Crippen LogP contribution in [0.25, 0.3) is 0 Å².